The lowest BCUT2D eigenvalue weighted by Gasteiger charge is -2.12. The van der Waals surface area contributed by atoms with Crippen LogP contribution in [0.4, 0.5) is 5.69 Å². The van der Waals surface area contributed by atoms with Crippen molar-refractivity contribution in [3.05, 3.63) is 69.3 Å². The Balaban J connectivity index is 2.22. The van der Waals surface area contributed by atoms with Gasteiger partial charge in [0.25, 0.3) is 5.69 Å². The average molecular weight is 349 g/mol. The first-order valence-corrected chi connectivity index (χ1v) is 7.72. The van der Waals surface area contributed by atoms with Crippen molar-refractivity contribution in [1.82, 2.24) is 0 Å². The van der Waals surface area contributed by atoms with E-state index in [0.717, 1.165) is 0 Å². The van der Waals surface area contributed by atoms with Crippen LogP contribution >= 0.6 is 0 Å². The molecule has 0 aliphatic carbocycles. The fourth-order valence-corrected chi connectivity index (χ4v) is 2.18. The zero-order chi connectivity index (χ0) is 18.9. The van der Waals surface area contributed by atoms with Gasteiger partial charge in [0.15, 0.2) is 11.5 Å². The van der Waals surface area contributed by atoms with E-state index in [0.29, 0.717) is 29.2 Å². The van der Waals surface area contributed by atoms with Crippen LogP contribution < -0.4 is 9.47 Å². The lowest BCUT2D eigenvalue weighted by molar-refractivity contribution is -0.384. The standard InChI is InChI=1S/C19H15N3O4/c1-2-25-19-10-14(8-16(11-20)12-21)6-7-18(19)26-13-15-4-3-5-17(9-15)22(23)24/h3-10H,2,13H2,1H3. The number of nitro groups is 1. The van der Waals surface area contributed by atoms with Gasteiger partial charge in [0, 0.05) is 12.1 Å². The highest BCUT2D eigenvalue weighted by Gasteiger charge is 2.09. The minimum absolute atomic E-state index is 0.00264. The number of nitro benzene ring substituents is 1. The van der Waals surface area contributed by atoms with Crippen LogP contribution in [0.25, 0.3) is 6.08 Å². The van der Waals surface area contributed by atoms with Crippen LogP contribution in [0.5, 0.6) is 11.5 Å². The van der Waals surface area contributed by atoms with Gasteiger partial charge in [-0.25, -0.2) is 0 Å². The summed E-state index contributed by atoms with van der Waals surface area (Å²) in [6.07, 6.45) is 1.45. The lowest BCUT2D eigenvalue weighted by Crippen LogP contribution is -2.00. The Kier molecular flexibility index (Phi) is 6.30. The Bertz CT molecular complexity index is 907. The van der Waals surface area contributed by atoms with Crippen LogP contribution in [0.15, 0.2) is 48.0 Å². The molecular weight excluding hydrogens is 334 g/mol. The number of nitriles is 2. The molecule has 0 amide bonds. The number of nitrogens with zero attached hydrogens (tertiary/aromatic N) is 3. The number of hydrogen-bond donors (Lipinski definition) is 0. The maximum Gasteiger partial charge on any atom is 0.269 e. The number of benzene rings is 2. The number of hydrogen-bond acceptors (Lipinski definition) is 6. The summed E-state index contributed by atoms with van der Waals surface area (Å²) in [5, 5.41) is 28.5. The molecule has 0 saturated carbocycles. The Labute approximate surface area is 150 Å². The Morgan fingerprint density at radius 1 is 1.15 bits per heavy atom. The summed E-state index contributed by atoms with van der Waals surface area (Å²) >= 11 is 0. The first kappa shape index (κ1) is 18.5. The predicted molar refractivity (Wildman–Crippen MR) is 94.2 cm³/mol. The molecule has 0 unspecified atom stereocenters. The minimum atomic E-state index is -0.460. The van der Waals surface area contributed by atoms with Crippen LogP contribution in [-0.2, 0) is 6.61 Å². The van der Waals surface area contributed by atoms with Crippen molar-refractivity contribution in [1.29, 1.82) is 10.5 Å². The van der Waals surface area contributed by atoms with Crippen LogP contribution in [-0.4, -0.2) is 11.5 Å². The molecule has 7 heteroatoms. The highest BCUT2D eigenvalue weighted by atomic mass is 16.6. The third-order valence-corrected chi connectivity index (χ3v) is 3.34. The van der Waals surface area contributed by atoms with E-state index in [4.69, 9.17) is 20.0 Å². The second-order valence-corrected chi connectivity index (χ2v) is 5.14. The van der Waals surface area contributed by atoms with Crippen LogP contribution in [0.3, 0.4) is 0 Å². The van der Waals surface area contributed by atoms with Gasteiger partial charge < -0.3 is 9.47 Å². The minimum Gasteiger partial charge on any atom is -0.490 e. The van der Waals surface area contributed by atoms with E-state index in [2.05, 4.69) is 0 Å². The number of rotatable bonds is 7. The summed E-state index contributed by atoms with van der Waals surface area (Å²) in [7, 11) is 0. The third-order valence-electron chi connectivity index (χ3n) is 3.34. The van der Waals surface area contributed by atoms with E-state index >= 15 is 0 Å². The van der Waals surface area contributed by atoms with Crippen molar-refractivity contribution in [2.24, 2.45) is 0 Å². The van der Waals surface area contributed by atoms with Crippen molar-refractivity contribution in [2.45, 2.75) is 13.5 Å². The summed E-state index contributed by atoms with van der Waals surface area (Å²) in [6, 6.07) is 14.8. The second kappa shape index (κ2) is 8.86. The van der Waals surface area contributed by atoms with Gasteiger partial charge in [-0.3, -0.25) is 10.1 Å². The van der Waals surface area contributed by atoms with E-state index < -0.39 is 4.92 Å². The van der Waals surface area contributed by atoms with Gasteiger partial charge in [-0.15, -0.1) is 0 Å². The molecule has 0 radical (unpaired) electrons. The Morgan fingerprint density at radius 3 is 2.58 bits per heavy atom. The lowest BCUT2D eigenvalue weighted by atomic mass is 10.1. The van der Waals surface area contributed by atoms with E-state index in [9.17, 15) is 10.1 Å². The molecule has 0 N–H and O–H groups in total. The van der Waals surface area contributed by atoms with E-state index in [1.165, 1.54) is 18.2 Å². The number of non-ortho nitro benzene ring substituents is 1. The molecule has 0 bridgehead atoms. The Morgan fingerprint density at radius 2 is 1.92 bits per heavy atom. The molecule has 0 aromatic heterocycles. The summed E-state index contributed by atoms with van der Waals surface area (Å²) in [5.74, 6) is 0.924. The van der Waals surface area contributed by atoms with Crippen molar-refractivity contribution < 1.29 is 14.4 Å². The van der Waals surface area contributed by atoms with Crippen molar-refractivity contribution in [3.8, 4) is 23.6 Å². The number of ether oxygens (including phenoxy) is 2. The normalized spacial score (nSPS) is 9.50. The van der Waals surface area contributed by atoms with Gasteiger partial charge in [-0.05, 0) is 36.3 Å². The molecule has 0 aliphatic heterocycles. The summed E-state index contributed by atoms with van der Waals surface area (Å²) in [4.78, 5) is 10.4. The zero-order valence-electron chi connectivity index (χ0n) is 14.0. The largest absolute Gasteiger partial charge is 0.490 e. The SMILES string of the molecule is CCOc1cc(C=C(C#N)C#N)ccc1OCc1cccc([N+](=O)[O-])c1. The molecule has 2 aromatic rings. The van der Waals surface area contributed by atoms with Gasteiger partial charge >= 0.3 is 0 Å². The third kappa shape index (κ3) is 4.83. The zero-order valence-corrected chi connectivity index (χ0v) is 14.0. The van der Waals surface area contributed by atoms with E-state index in [1.807, 2.05) is 6.92 Å². The molecule has 0 atom stereocenters. The van der Waals surface area contributed by atoms with Crippen molar-refractivity contribution in [2.75, 3.05) is 6.61 Å². The van der Waals surface area contributed by atoms with Gasteiger partial charge in [-0.1, -0.05) is 18.2 Å². The molecule has 2 aromatic carbocycles. The molecule has 26 heavy (non-hydrogen) atoms. The Hall–Kier alpha value is -3.84. The number of allylic oxidation sites excluding steroid dienone is 1. The quantitative estimate of drug-likeness (QED) is 0.424. The van der Waals surface area contributed by atoms with E-state index in [-0.39, 0.29) is 17.9 Å². The molecule has 7 nitrogen and oxygen atoms in total. The molecule has 0 saturated heterocycles. The van der Waals surface area contributed by atoms with Gasteiger partial charge in [0.05, 0.1) is 11.5 Å². The van der Waals surface area contributed by atoms with Crippen LogP contribution in [0.2, 0.25) is 0 Å². The monoisotopic (exact) mass is 349 g/mol. The van der Waals surface area contributed by atoms with Gasteiger partial charge in [-0.2, -0.15) is 10.5 Å². The highest BCUT2D eigenvalue weighted by Crippen LogP contribution is 2.30. The summed E-state index contributed by atoms with van der Waals surface area (Å²) < 4.78 is 11.3. The molecule has 0 fully saturated rings. The fourth-order valence-electron chi connectivity index (χ4n) is 2.18. The molecular formula is C19H15N3O4. The summed E-state index contributed by atoms with van der Waals surface area (Å²) in [6.45, 7) is 2.37. The molecule has 0 heterocycles. The van der Waals surface area contributed by atoms with Gasteiger partial charge in [0.2, 0.25) is 0 Å². The average Bonchev–Trinajstić information content (AvgIpc) is 2.66. The molecule has 0 spiro atoms. The van der Waals surface area contributed by atoms with Crippen LogP contribution in [0, 0.1) is 32.8 Å². The maximum atomic E-state index is 10.8. The molecule has 0 aliphatic rings. The van der Waals surface area contributed by atoms with Gasteiger partial charge in [0.1, 0.15) is 24.3 Å². The van der Waals surface area contributed by atoms with E-state index in [1.54, 1.807) is 42.5 Å². The fraction of sp³-hybridized carbons (Fsp3) is 0.158. The maximum absolute atomic E-state index is 10.8. The first-order chi connectivity index (χ1) is 12.6. The van der Waals surface area contributed by atoms with Crippen LogP contribution in [0.1, 0.15) is 18.1 Å². The molecule has 2 rings (SSSR count). The molecule has 130 valence electrons. The smallest absolute Gasteiger partial charge is 0.269 e. The predicted octanol–water partition coefficient (Wildman–Crippen LogP) is 4.00. The first-order valence-electron chi connectivity index (χ1n) is 7.72. The second-order valence-electron chi connectivity index (χ2n) is 5.14. The summed E-state index contributed by atoms with van der Waals surface area (Å²) in [5.41, 5.74) is 1.27. The van der Waals surface area contributed by atoms with Crippen molar-refractivity contribution >= 4 is 11.8 Å². The topological polar surface area (TPSA) is 109 Å². The van der Waals surface area contributed by atoms with Crippen molar-refractivity contribution in [3.63, 3.8) is 0 Å². The highest BCUT2D eigenvalue weighted by molar-refractivity contribution is 5.64.